The van der Waals surface area contributed by atoms with Crippen LogP contribution < -0.4 is 4.90 Å². The van der Waals surface area contributed by atoms with Crippen LogP contribution in [0.3, 0.4) is 0 Å². The molecule has 0 bridgehead atoms. The Morgan fingerprint density at radius 1 is 1.17 bits per heavy atom. The van der Waals surface area contributed by atoms with E-state index in [4.69, 9.17) is 0 Å². The molecule has 1 N–H and O–H groups in total. The van der Waals surface area contributed by atoms with Gasteiger partial charge < -0.3 is 10.0 Å². The lowest BCUT2D eigenvalue weighted by Crippen LogP contribution is -2.32. The molecule has 18 heavy (non-hydrogen) atoms. The highest BCUT2D eigenvalue weighted by Crippen LogP contribution is 2.15. The molecule has 4 nitrogen and oxygen atoms in total. The molecule has 1 aromatic carbocycles. The molecule has 0 aliphatic carbocycles. The van der Waals surface area contributed by atoms with Gasteiger partial charge in [-0.15, -0.1) is 0 Å². The molecule has 1 aromatic heterocycles. The first-order chi connectivity index (χ1) is 8.66. The number of anilines is 1. The van der Waals surface area contributed by atoms with Gasteiger partial charge in [-0.05, 0) is 37.1 Å². The number of benzene rings is 1. The van der Waals surface area contributed by atoms with E-state index in [1.165, 1.54) is 5.56 Å². The zero-order chi connectivity index (χ0) is 13.0. The van der Waals surface area contributed by atoms with E-state index in [9.17, 15) is 5.11 Å². The summed E-state index contributed by atoms with van der Waals surface area (Å²) in [6.45, 7) is 2.13. The average molecular weight is 243 g/mol. The number of aromatic hydroxyl groups is 1. The molecule has 0 saturated heterocycles. The summed E-state index contributed by atoms with van der Waals surface area (Å²) in [5.74, 6) is 1.02. The summed E-state index contributed by atoms with van der Waals surface area (Å²) in [6, 6.07) is 9.39. The normalized spacial score (nSPS) is 12.1. The third-order valence-corrected chi connectivity index (χ3v) is 3.00. The first-order valence-electron chi connectivity index (χ1n) is 5.94. The molecule has 0 amide bonds. The van der Waals surface area contributed by atoms with Crippen LogP contribution in [0.1, 0.15) is 12.5 Å². The van der Waals surface area contributed by atoms with Gasteiger partial charge in [0, 0.05) is 25.5 Å². The van der Waals surface area contributed by atoms with Crippen LogP contribution in [0.4, 0.5) is 5.95 Å². The minimum absolute atomic E-state index is 0.289. The summed E-state index contributed by atoms with van der Waals surface area (Å²) < 4.78 is 0. The van der Waals surface area contributed by atoms with E-state index < -0.39 is 0 Å². The van der Waals surface area contributed by atoms with E-state index in [1.54, 1.807) is 24.5 Å². The molecule has 2 aromatic rings. The summed E-state index contributed by atoms with van der Waals surface area (Å²) in [5, 5.41) is 9.25. The maximum Gasteiger partial charge on any atom is 0.225 e. The number of rotatable bonds is 4. The number of hydrogen-bond donors (Lipinski definition) is 1. The van der Waals surface area contributed by atoms with Crippen molar-refractivity contribution in [1.82, 2.24) is 9.97 Å². The second-order valence-electron chi connectivity index (χ2n) is 4.38. The Labute approximate surface area is 107 Å². The molecule has 0 spiro atoms. The molecule has 0 aliphatic rings. The summed E-state index contributed by atoms with van der Waals surface area (Å²) in [6.07, 6.45) is 4.37. The summed E-state index contributed by atoms with van der Waals surface area (Å²) in [5.41, 5.74) is 1.18. The smallest absolute Gasteiger partial charge is 0.225 e. The largest absolute Gasteiger partial charge is 0.508 e. The summed E-state index contributed by atoms with van der Waals surface area (Å²) in [7, 11) is 1.99. The summed E-state index contributed by atoms with van der Waals surface area (Å²) in [4.78, 5) is 10.5. The molecule has 0 aliphatic heterocycles. The van der Waals surface area contributed by atoms with Crippen molar-refractivity contribution < 1.29 is 5.11 Å². The minimum Gasteiger partial charge on any atom is -0.508 e. The van der Waals surface area contributed by atoms with Gasteiger partial charge >= 0.3 is 0 Å². The Kier molecular flexibility index (Phi) is 3.77. The second kappa shape index (κ2) is 5.49. The molecule has 1 unspecified atom stereocenters. The SMILES string of the molecule is CC(Cc1ccc(O)cc1)N(C)c1ncccn1. The monoisotopic (exact) mass is 243 g/mol. The maximum absolute atomic E-state index is 9.25. The van der Waals surface area contributed by atoms with Crippen LogP contribution in [-0.2, 0) is 6.42 Å². The van der Waals surface area contributed by atoms with E-state index in [0.29, 0.717) is 5.75 Å². The first kappa shape index (κ1) is 12.4. The van der Waals surface area contributed by atoms with E-state index >= 15 is 0 Å². The number of nitrogens with zero attached hydrogens (tertiary/aromatic N) is 3. The highest BCUT2D eigenvalue weighted by molar-refractivity contribution is 5.31. The topological polar surface area (TPSA) is 49.2 Å². The molecule has 94 valence electrons. The predicted molar refractivity (Wildman–Crippen MR) is 71.7 cm³/mol. The fourth-order valence-corrected chi connectivity index (χ4v) is 1.78. The van der Waals surface area contributed by atoms with Gasteiger partial charge in [0.2, 0.25) is 5.95 Å². The molecule has 1 atom stereocenters. The van der Waals surface area contributed by atoms with Crippen molar-refractivity contribution in [2.75, 3.05) is 11.9 Å². The molecule has 2 rings (SSSR count). The van der Waals surface area contributed by atoms with Crippen molar-refractivity contribution in [2.24, 2.45) is 0 Å². The Morgan fingerprint density at radius 3 is 2.39 bits per heavy atom. The highest BCUT2D eigenvalue weighted by Gasteiger charge is 2.12. The van der Waals surface area contributed by atoms with Crippen molar-refractivity contribution in [3.05, 3.63) is 48.3 Å². The van der Waals surface area contributed by atoms with Crippen molar-refractivity contribution in [3.8, 4) is 5.75 Å². The summed E-state index contributed by atoms with van der Waals surface area (Å²) >= 11 is 0. The van der Waals surface area contributed by atoms with Gasteiger partial charge in [-0.2, -0.15) is 0 Å². The van der Waals surface area contributed by atoms with Gasteiger partial charge in [0.1, 0.15) is 5.75 Å². The molecule has 4 heteroatoms. The van der Waals surface area contributed by atoms with E-state index in [1.807, 2.05) is 30.1 Å². The van der Waals surface area contributed by atoms with Gasteiger partial charge in [-0.25, -0.2) is 9.97 Å². The Balaban J connectivity index is 2.03. The van der Waals surface area contributed by atoms with Gasteiger partial charge in [-0.1, -0.05) is 12.1 Å². The fraction of sp³-hybridized carbons (Fsp3) is 0.286. The van der Waals surface area contributed by atoms with Crippen molar-refractivity contribution in [3.63, 3.8) is 0 Å². The number of likely N-dealkylation sites (N-methyl/N-ethyl adjacent to an activating group) is 1. The van der Waals surface area contributed by atoms with Crippen molar-refractivity contribution >= 4 is 5.95 Å². The van der Waals surface area contributed by atoms with Gasteiger partial charge in [0.05, 0.1) is 0 Å². The number of aromatic nitrogens is 2. The standard InChI is InChI=1S/C14H17N3O/c1-11(10-12-4-6-13(18)7-5-12)17(2)14-15-8-3-9-16-14/h3-9,11,18H,10H2,1-2H3. The molecular weight excluding hydrogens is 226 g/mol. The third-order valence-electron chi connectivity index (χ3n) is 3.00. The zero-order valence-electron chi connectivity index (χ0n) is 10.6. The molecule has 0 radical (unpaired) electrons. The molecular formula is C14H17N3O. The third kappa shape index (κ3) is 2.97. The van der Waals surface area contributed by atoms with Crippen LogP contribution >= 0.6 is 0 Å². The van der Waals surface area contributed by atoms with Gasteiger partial charge in [-0.3, -0.25) is 0 Å². The highest BCUT2D eigenvalue weighted by atomic mass is 16.3. The first-order valence-corrected chi connectivity index (χ1v) is 5.94. The van der Waals surface area contributed by atoms with Crippen molar-refractivity contribution in [1.29, 1.82) is 0 Å². The molecule has 0 fully saturated rings. The number of hydrogen-bond acceptors (Lipinski definition) is 4. The van der Waals surface area contributed by atoms with Crippen LogP contribution in [0.25, 0.3) is 0 Å². The molecule has 0 saturated carbocycles. The second-order valence-corrected chi connectivity index (χ2v) is 4.38. The number of phenolic OH excluding ortho intramolecular Hbond substituents is 1. The quantitative estimate of drug-likeness (QED) is 0.894. The van der Waals surface area contributed by atoms with E-state index in [2.05, 4.69) is 16.9 Å². The lowest BCUT2D eigenvalue weighted by molar-refractivity contribution is 0.475. The lowest BCUT2D eigenvalue weighted by atomic mass is 10.1. The van der Waals surface area contributed by atoms with Gasteiger partial charge in [0.15, 0.2) is 0 Å². The van der Waals surface area contributed by atoms with Crippen molar-refractivity contribution in [2.45, 2.75) is 19.4 Å². The Morgan fingerprint density at radius 2 is 1.78 bits per heavy atom. The van der Waals surface area contributed by atoms with Gasteiger partial charge in [0.25, 0.3) is 0 Å². The van der Waals surface area contributed by atoms with Crippen LogP contribution in [-0.4, -0.2) is 28.2 Å². The zero-order valence-corrected chi connectivity index (χ0v) is 10.6. The number of phenols is 1. The Hall–Kier alpha value is -2.10. The van der Waals surface area contributed by atoms with Crippen LogP contribution in [0.2, 0.25) is 0 Å². The Bertz CT molecular complexity index is 484. The van der Waals surface area contributed by atoms with E-state index in [0.717, 1.165) is 12.4 Å². The fourth-order valence-electron chi connectivity index (χ4n) is 1.78. The average Bonchev–Trinajstić information content (AvgIpc) is 2.41. The lowest BCUT2D eigenvalue weighted by Gasteiger charge is -2.24. The molecule has 1 heterocycles. The van der Waals surface area contributed by atoms with E-state index in [-0.39, 0.29) is 6.04 Å². The van der Waals surface area contributed by atoms with Crippen LogP contribution in [0, 0.1) is 0 Å². The van der Waals surface area contributed by atoms with Crippen LogP contribution in [0.5, 0.6) is 5.75 Å². The minimum atomic E-state index is 0.289. The predicted octanol–water partition coefficient (Wildman–Crippen LogP) is 2.25. The van der Waals surface area contributed by atoms with Crippen LogP contribution in [0.15, 0.2) is 42.7 Å². The maximum atomic E-state index is 9.25.